The quantitative estimate of drug-likeness (QED) is 0.902. The van der Waals surface area contributed by atoms with Crippen molar-refractivity contribution >= 4 is 10.0 Å². The predicted molar refractivity (Wildman–Crippen MR) is 73.7 cm³/mol. The van der Waals surface area contributed by atoms with Crippen LogP contribution in [0.25, 0.3) is 0 Å². The van der Waals surface area contributed by atoms with E-state index in [-0.39, 0.29) is 6.04 Å². The van der Waals surface area contributed by atoms with Crippen molar-refractivity contribution in [2.45, 2.75) is 30.7 Å². The van der Waals surface area contributed by atoms with E-state index in [9.17, 15) is 8.42 Å². The number of nitrogens with zero attached hydrogens (tertiary/aromatic N) is 1. The average molecular weight is 284 g/mol. The van der Waals surface area contributed by atoms with Gasteiger partial charge in [0.15, 0.2) is 0 Å². The molecule has 0 spiro atoms. The highest BCUT2D eigenvalue weighted by Gasteiger charge is 2.29. The van der Waals surface area contributed by atoms with Crippen LogP contribution in [0.1, 0.15) is 18.4 Å². The Bertz CT molecular complexity index is 557. The van der Waals surface area contributed by atoms with Crippen molar-refractivity contribution in [3.05, 3.63) is 23.8 Å². The summed E-state index contributed by atoms with van der Waals surface area (Å²) in [4.78, 5) is 0.305. The first kappa shape index (κ1) is 14.3. The first-order chi connectivity index (χ1) is 8.95. The van der Waals surface area contributed by atoms with Crippen LogP contribution in [0.3, 0.4) is 0 Å². The van der Waals surface area contributed by atoms with E-state index >= 15 is 0 Å². The number of benzene rings is 1. The number of rotatable bonds is 3. The molecular formula is C13H20N2O3S. The van der Waals surface area contributed by atoms with E-state index in [1.807, 2.05) is 6.92 Å². The summed E-state index contributed by atoms with van der Waals surface area (Å²) in [7, 11) is -1.88. The Hall–Kier alpha value is -1.11. The molecule has 0 unspecified atom stereocenters. The molecule has 1 heterocycles. The van der Waals surface area contributed by atoms with Crippen LogP contribution in [0.15, 0.2) is 23.1 Å². The van der Waals surface area contributed by atoms with Gasteiger partial charge < -0.3 is 10.5 Å². The fourth-order valence-corrected chi connectivity index (χ4v) is 3.97. The Morgan fingerprint density at radius 3 is 2.74 bits per heavy atom. The Labute approximate surface area is 114 Å². The normalized spacial score (nSPS) is 21.3. The molecule has 0 aromatic heterocycles. The lowest BCUT2D eigenvalue weighted by atomic mass is 10.1. The van der Waals surface area contributed by atoms with E-state index in [4.69, 9.17) is 10.5 Å². The fraction of sp³-hybridized carbons (Fsp3) is 0.538. The lowest BCUT2D eigenvalue weighted by Gasteiger charge is -2.30. The van der Waals surface area contributed by atoms with Gasteiger partial charge in [0.2, 0.25) is 10.0 Å². The molecule has 106 valence electrons. The van der Waals surface area contributed by atoms with E-state index in [0.717, 1.165) is 18.4 Å². The molecule has 19 heavy (non-hydrogen) atoms. The number of hydrogen-bond donors (Lipinski definition) is 1. The first-order valence-corrected chi connectivity index (χ1v) is 7.79. The predicted octanol–water partition coefficient (Wildman–Crippen LogP) is 1.12. The highest BCUT2D eigenvalue weighted by atomic mass is 32.2. The Morgan fingerprint density at radius 1 is 1.42 bits per heavy atom. The number of methoxy groups -OCH3 is 1. The molecule has 5 nitrogen and oxygen atoms in total. The van der Waals surface area contributed by atoms with E-state index < -0.39 is 10.0 Å². The van der Waals surface area contributed by atoms with Gasteiger partial charge in [-0.1, -0.05) is 0 Å². The van der Waals surface area contributed by atoms with E-state index in [0.29, 0.717) is 23.7 Å². The van der Waals surface area contributed by atoms with Crippen molar-refractivity contribution in [3.63, 3.8) is 0 Å². The van der Waals surface area contributed by atoms with Crippen LogP contribution >= 0.6 is 0 Å². The second kappa shape index (κ2) is 5.48. The van der Waals surface area contributed by atoms with Gasteiger partial charge in [-0.25, -0.2) is 8.42 Å². The van der Waals surface area contributed by atoms with Gasteiger partial charge in [0.05, 0.1) is 12.0 Å². The number of sulfonamides is 1. The molecule has 0 aliphatic carbocycles. The van der Waals surface area contributed by atoms with Gasteiger partial charge in [0, 0.05) is 19.1 Å². The third-order valence-corrected chi connectivity index (χ3v) is 5.29. The third-order valence-electron chi connectivity index (χ3n) is 3.42. The molecule has 1 fully saturated rings. The van der Waals surface area contributed by atoms with Gasteiger partial charge in [-0.15, -0.1) is 0 Å². The summed E-state index contributed by atoms with van der Waals surface area (Å²) in [5.41, 5.74) is 6.66. The van der Waals surface area contributed by atoms with Crippen molar-refractivity contribution in [1.29, 1.82) is 0 Å². The second-order valence-electron chi connectivity index (χ2n) is 4.90. The van der Waals surface area contributed by atoms with Crippen molar-refractivity contribution in [3.8, 4) is 5.75 Å². The number of piperidine rings is 1. The lowest BCUT2D eigenvalue weighted by molar-refractivity contribution is 0.316. The van der Waals surface area contributed by atoms with Gasteiger partial charge in [-0.2, -0.15) is 4.31 Å². The smallest absolute Gasteiger partial charge is 0.243 e. The topological polar surface area (TPSA) is 72.6 Å². The molecule has 2 N–H and O–H groups in total. The standard InChI is InChI=1S/C13H20N2O3S/c1-10-8-12(5-6-13(10)18-2)19(16,17)15-7-3-4-11(14)9-15/h5-6,8,11H,3-4,7,9,14H2,1-2H3/t11-/m0/s1. The van der Waals surface area contributed by atoms with E-state index in [2.05, 4.69) is 0 Å². The van der Waals surface area contributed by atoms with Gasteiger partial charge >= 0.3 is 0 Å². The molecule has 1 saturated heterocycles. The summed E-state index contributed by atoms with van der Waals surface area (Å²) >= 11 is 0. The molecule has 2 rings (SSSR count). The maximum absolute atomic E-state index is 12.5. The third kappa shape index (κ3) is 2.91. The molecule has 0 saturated carbocycles. The molecular weight excluding hydrogens is 264 g/mol. The molecule has 1 aliphatic heterocycles. The van der Waals surface area contributed by atoms with Gasteiger partial charge in [0.25, 0.3) is 0 Å². The molecule has 1 aromatic carbocycles. The second-order valence-corrected chi connectivity index (χ2v) is 6.83. The van der Waals surface area contributed by atoms with Crippen molar-refractivity contribution in [1.82, 2.24) is 4.31 Å². The average Bonchev–Trinajstić information content (AvgIpc) is 2.38. The van der Waals surface area contributed by atoms with Gasteiger partial charge in [0.1, 0.15) is 5.75 Å². The zero-order chi connectivity index (χ0) is 14.0. The number of aryl methyl sites for hydroxylation is 1. The largest absolute Gasteiger partial charge is 0.496 e. The summed E-state index contributed by atoms with van der Waals surface area (Å²) in [6.07, 6.45) is 1.70. The van der Waals surface area contributed by atoms with Crippen molar-refractivity contribution in [2.24, 2.45) is 5.73 Å². The fourth-order valence-electron chi connectivity index (χ4n) is 2.35. The van der Waals surface area contributed by atoms with Crippen LogP contribution in [0.2, 0.25) is 0 Å². The molecule has 1 aromatic rings. The molecule has 1 atom stereocenters. The Balaban J connectivity index is 2.31. The minimum Gasteiger partial charge on any atom is -0.496 e. The summed E-state index contributed by atoms with van der Waals surface area (Å²) < 4.78 is 31.6. The number of nitrogens with two attached hydrogens (primary N) is 1. The highest BCUT2D eigenvalue weighted by Crippen LogP contribution is 2.25. The summed E-state index contributed by atoms with van der Waals surface area (Å²) in [6.45, 7) is 2.77. The maximum Gasteiger partial charge on any atom is 0.243 e. The van der Waals surface area contributed by atoms with E-state index in [1.54, 1.807) is 25.3 Å². The molecule has 0 amide bonds. The van der Waals surface area contributed by atoms with Gasteiger partial charge in [-0.3, -0.25) is 0 Å². The highest BCUT2D eigenvalue weighted by molar-refractivity contribution is 7.89. The van der Waals surface area contributed by atoms with Gasteiger partial charge in [-0.05, 0) is 43.5 Å². The van der Waals surface area contributed by atoms with Crippen LogP contribution < -0.4 is 10.5 Å². The van der Waals surface area contributed by atoms with Crippen LogP contribution in [0.4, 0.5) is 0 Å². The zero-order valence-corrected chi connectivity index (χ0v) is 12.1. The monoisotopic (exact) mass is 284 g/mol. The molecule has 0 bridgehead atoms. The van der Waals surface area contributed by atoms with Crippen LogP contribution in [-0.4, -0.2) is 39.0 Å². The molecule has 1 aliphatic rings. The number of ether oxygens (including phenoxy) is 1. The van der Waals surface area contributed by atoms with Crippen LogP contribution in [-0.2, 0) is 10.0 Å². The maximum atomic E-state index is 12.5. The zero-order valence-electron chi connectivity index (χ0n) is 11.3. The van der Waals surface area contributed by atoms with Crippen molar-refractivity contribution < 1.29 is 13.2 Å². The first-order valence-electron chi connectivity index (χ1n) is 6.35. The SMILES string of the molecule is COc1ccc(S(=O)(=O)N2CCC[C@H](N)C2)cc1C. The van der Waals surface area contributed by atoms with Crippen LogP contribution in [0, 0.1) is 6.92 Å². The minimum atomic E-state index is -3.44. The Kier molecular flexibility index (Phi) is 4.13. The summed E-state index contributed by atoms with van der Waals surface area (Å²) in [5.74, 6) is 0.689. The van der Waals surface area contributed by atoms with Crippen LogP contribution in [0.5, 0.6) is 5.75 Å². The molecule has 0 radical (unpaired) electrons. The minimum absolute atomic E-state index is 0.0668. The number of hydrogen-bond acceptors (Lipinski definition) is 4. The Morgan fingerprint density at radius 2 is 2.16 bits per heavy atom. The summed E-state index contributed by atoms with van der Waals surface area (Å²) in [6, 6.07) is 4.85. The molecule has 6 heteroatoms. The lowest BCUT2D eigenvalue weighted by Crippen LogP contribution is -2.45. The summed E-state index contributed by atoms with van der Waals surface area (Å²) in [5, 5.41) is 0. The van der Waals surface area contributed by atoms with Crippen molar-refractivity contribution in [2.75, 3.05) is 20.2 Å². The van der Waals surface area contributed by atoms with E-state index in [1.165, 1.54) is 4.31 Å².